The highest BCUT2D eigenvalue weighted by atomic mass is 16.3. The van der Waals surface area contributed by atoms with E-state index in [1.165, 1.54) is 6.92 Å². The number of rotatable bonds is 2. The van der Waals surface area contributed by atoms with Gasteiger partial charge in [0.05, 0.1) is 0 Å². The number of hydrogen-bond acceptors (Lipinski definition) is 2. The van der Waals surface area contributed by atoms with E-state index in [2.05, 4.69) is 0 Å². The van der Waals surface area contributed by atoms with Crippen molar-refractivity contribution in [2.45, 2.75) is 13.8 Å². The molecule has 0 unspecified atom stereocenters. The molecular formula is C11H12O2. The van der Waals surface area contributed by atoms with Crippen LogP contribution in [0.1, 0.15) is 19.4 Å². The maximum atomic E-state index is 10.9. The molecule has 1 N–H and O–H groups in total. The predicted molar refractivity (Wildman–Crippen MR) is 52.3 cm³/mol. The number of carbonyl (C=O) groups excluding carboxylic acids is 1. The minimum Gasteiger partial charge on any atom is -0.507 e. The molecule has 0 aromatic heterocycles. The average Bonchev–Trinajstić information content (AvgIpc) is 2.17. The van der Waals surface area contributed by atoms with Gasteiger partial charge < -0.3 is 5.11 Å². The third kappa shape index (κ3) is 2.18. The van der Waals surface area contributed by atoms with E-state index < -0.39 is 0 Å². The lowest BCUT2D eigenvalue weighted by atomic mass is 10.1. The van der Waals surface area contributed by atoms with Crippen LogP contribution in [0.3, 0.4) is 0 Å². The first kappa shape index (κ1) is 9.52. The van der Waals surface area contributed by atoms with E-state index in [1.54, 1.807) is 19.1 Å². The molecule has 0 spiro atoms. The highest BCUT2D eigenvalue weighted by Gasteiger charge is 2.06. The quantitative estimate of drug-likeness (QED) is 0.555. The minimum atomic E-state index is -0.110. The first-order valence-electron chi connectivity index (χ1n) is 4.09. The van der Waals surface area contributed by atoms with E-state index in [4.69, 9.17) is 0 Å². The van der Waals surface area contributed by atoms with Gasteiger partial charge in [0.15, 0.2) is 5.78 Å². The Morgan fingerprint density at radius 2 is 1.69 bits per heavy atom. The van der Waals surface area contributed by atoms with Crippen LogP contribution in [-0.4, -0.2) is 10.9 Å². The molecule has 0 aliphatic carbocycles. The zero-order valence-electron chi connectivity index (χ0n) is 7.74. The first-order valence-corrected chi connectivity index (χ1v) is 4.09. The molecule has 0 saturated carbocycles. The van der Waals surface area contributed by atoms with Gasteiger partial charge in [-0.3, -0.25) is 4.79 Å². The van der Waals surface area contributed by atoms with Crippen LogP contribution in [0.15, 0.2) is 35.9 Å². The first-order chi connectivity index (χ1) is 6.13. The summed E-state index contributed by atoms with van der Waals surface area (Å²) in [7, 11) is 0. The fourth-order valence-corrected chi connectivity index (χ4v) is 0.979. The number of carbonyl (C=O) groups is 1. The lowest BCUT2D eigenvalue weighted by Gasteiger charge is -2.02. The molecule has 2 nitrogen and oxygen atoms in total. The average molecular weight is 176 g/mol. The summed E-state index contributed by atoms with van der Waals surface area (Å²) in [6, 6.07) is 9.03. The smallest absolute Gasteiger partial charge is 0.159 e. The third-order valence-electron chi connectivity index (χ3n) is 1.93. The number of aliphatic hydroxyl groups is 1. The fraction of sp³-hybridized carbons (Fsp3) is 0.182. The summed E-state index contributed by atoms with van der Waals surface area (Å²) in [5.41, 5.74) is 1.07. The lowest BCUT2D eigenvalue weighted by molar-refractivity contribution is -0.113. The van der Waals surface area contributed by atoms with Crippen molar-refractivity contribution in [2.24, 2.45) is 0 Å². The van der Waals surface area contributed by atoms with Crippen molar-refractivity contribution in [2.75, 3.05) is 0 Å². The van der Waals surface area contributed by atoms with Gasteiger partial charge in [-0.25, -0.2) is 0 Å². The zero-order chi connectivity index (χ0) is 9.84. The van der Waals surface area contributed by atoms with Crippen LogP contribution in [0, 0.1) is 0 Å². The van der Waals surface area contributed by atoms with E-state index in [-0.39, 0.29) is 11.5 Å². The van der Waals surface area contributed by atoms with Crippen molar-refractivity contribution in [1.29, 1.82) is 0 Å². The maximum absolute atomic E-state index is 10.9. The lowest BCUT2D eigenvalue weighted by Crippen LogP contribution is -1.96. The summed E-state index contributed by atoms with van der Waals surface area (Å²) in [5, 5.41) is 9.62. The van der Waals surface area contributed by atoms with Crippen LogP contribution in [0.5, 0.6) is 0 Å². The van der Waals surface area contributed by atoms with Crippen LogP contribution in [0.4, 0.5) is 0 Å². The molecule has 1 aromatic rings. The minimum absolute atomic E-state index is 0.0631. The molecule has 0 bridgehead atoms. The van der Waals surface area contributed by atoms with Gasteiger partial charge in [0.1, 0.15) is 5.76 Å². The SMILES string of the molecule is CC(=O)C(C)=C(O)c1ccccc1. The number of hydrogen-bond donors (Lipinski definition) is 1. The zero-order valence-corrected chi connectivity index (χ0v) is 7.74. The van der Waals surface area contributed by atoms with Crippen LogP contribution in [0.2, 0.25) is 0 Å². The summed E-state index contributed by atoms with van der Waals surface area (Å²) >= 11 is 0. The van der Waals surface area contributed by atoms with E-state index >= 15 is 0 Å². The van der Waals surface area contributed by atoms with Crippen LogP contribution in [0.25, 0.3) is 5.76 Å². The van der Waals surface area contributed by atoms with E-state index in [9.17, 15) is 9.90 Å². The number of ketones is 1. The number of aliphatic hydroxyl groups excluding tert-OH is 1. The van der Waals surface area contributed by atoms with Crippen molar-refractivity contribution < 1.29 is 9.90 Å². The molecule has 0 atom stereocenters. The highest BCUT2D eigenvalue weighted by molar-refractivity contribution is 5.98. The van der Waals surface area contributed by atoms with Gasteiger partial charge in [-0.1, -0.05) is 30.3 Å². The molecule has 13 heavy (non-hydrogen) atoms. The number of benzene rings is 1. The molecule has 0 radical (unpaired) electrons. The monoisotopic (exact) mass is 176 g/mol. The molecule has 2 heteroatoms. The Morgan fingerprint density at radius 3 is 2.15 bits per heavy atom. The van der Waals surface area contributed by atoms with Gasteiger partial charge in [-0.15, -0.1) is 0 Å². The van der Waals surface area contributed by atoms with Crippen LogP contribution >= 0.6 is 0 Å². The third-order valence-corrected chi connectivity index (χ3v) is 1.93. The Morgan fingerprint density at radius 1 is 1.15 bits per heavy atom. The number of allylic oxidation sites excluding steroid dienone is 1. The van der Waals surface area contributed by atoms with Gasteiger partial charge in [0, 0.05) is 11.1 Å². The Kier molecular flexibility index (Phi) is 2.85. The standard InChI is InChI=1S/C11H12O2/c1-8(9(2)12)11(13)10-6-4-3-5-7-10/h3-7,13H,1-2H3. The molecule has 0 aliphatic heterocycles. The van der Waals surface area contributed by atoms with E-state index in [0.717, 1.165) is 0 Å². The molecule has 0 heterocycles. The van der Waals surface area contributed by atoms with Crippen molar-refractivity contribution in [3.63, 3.8) is 0 Å². The summed E-state index contributed by atoms with van der Waals surface area (Å²) in [4.78, 5) is 10.9. The Balaban J connectivity index is 3.11. The predicted octanol–water partition coefficient (Wildman–Crippen LogP) is 2.56. The molecular weight excluding hydrogens is 164 g/mol. The van der Waals surface area contributed by atoms with Gasteiger partial charge in [0.25, 0.3) is 0 Å². The Hall–Kier alpha value is -1.57. The summed E-state index contributed by atoms with van der Waals surface area (Å²) < 4.78 is 0. The summed E-state index contributed by atoms with van der Waals surface area (Å²) in [6.07, 6.45) is 0. The van der Waals surface area contributed by atoms with Crippen LogP contribution in [-0.2, 0) is 4.79 Å². The maximum Gasteiger partial charge on any atom is 0.159 e. The largest absolute Gasteiger partial charge is 0.507 e. The molecule has 1 rings (SSSR count). The van der Waals surface area contributed by atoms with Crippen molar-refractivity contribution in [3.05, 3.63) is 41.5 Å². The van der Waals surface area contributed by atoms with Crippen LogP contribution < -0.4 is 0 Å². The molecule has 0 saturated heterocycles. The van der Waals surface area contributed by atoms with Gasteiger partial charge in [0.2, 0.25) is 0 Å². The Bertz CT molecular complexity index is 336. The normalized spacial score (nSPS) is 12.2. The molecule has 0 amide bonds. The van der Waals surface area contributed by atoms with Gasteiger partial charge in [-0.2, -0.15) is 0 Å². The second-order valence-electron chi connectivity index (χ2n) is 2.90. The number of Topliss-reactive ketones (excluding diaryl/α,β-unsaturated/α-hetero) is 1. The van der Waals surface area contributed by atoms with E-state index in [1.807, 2.05) is 18.2 Å². The van der Waals surface area contributed by atoms with Gasteiger partial charge in [-0.05, 0) is 13.8 Å². The van der Waals surface area contributed by atoms with Crippen molar-refractivity contribution >= 4 is 11.5 Å². The second kappa shape index (κ2) is 3.90. The van der Waals surface area contributed by atoms with Gasteiger partial charge >= 0.3 is 0 Å². The Labute approximate surface area is 77.5 Å². The molecule has 68 valence electrons. The molecule has 0 fully saturated rings. The fourth-order valence-electron chi connectivity index (χ4n) is 0.979. The summed E-state index contributed by atoms with van der Waals surface area (Å²) in [5.74, 6) is -0.0468. The second-order valence-corrected chi connectivity index (χ2v) is 2.90. The van der Waals surface area contributed by atoms with Crippen molar-refractivity contribution in [1.82, 2.24) is 0 Å². The van der Waals surface area contributed by atoms with Crippen molar-refractivity contribution in [3.8, 4) is 0 Å². The molecule has 0 aliphatic rings. The van der Waals surface area contributed by atoms with E-state index in [0.29, 0.717) is 11.1 Å². The topological polar surface area (TPSA) is 37.3 Å². The highest BCUT2D eigenvalue weighted by Crippen LogP contribution is 2.15. The summed E-state index contributed by atoms with van der Waals surface area (Å²) in [6.45, 7) is 3.05. The molecule has 1 aromatic carbocycles.